The number of benzene rings is 1. The van der Waals surface area contributed by atoms with Gasteiger partial charge in [-0.3, -0.25) is 4.79 Å². The SMILES string of the molecule is CCC(COC)NC(=O)CCCc1nc(-c2ccc(OC)cc2)no1. The molecule has 0 saturated heterocycles. The zero-order valence-electron chi connectivity index (χ0n) is 14.9. The van der Waals surface area contributed by atoms with Crippen LogP contribution in [0.3, 0.4) is 0 Å². The van der Waals surface area contributed by atoms with Crippen LogP contribution in [0.1, 0.15) is 32.1 Å². The van der Waals surface area contributed by atoms with Gasteiger partial charge in [-0.25, -0.2) is 0 Å². The molecule has 0 aliphatic carbocycles. The Morgan fingerprint density at radius 2 is 2.04 bits per heavy atom. The molecular formula is C18H25N3O4. The van der Waals surface area contributed by atoms with Gasteiger partial charge in [-0.15, -0.1) is 0 Å². The van der Waals surface area contributed by atoms with E-state index in [0.29, 0.717) is 37.6 Å². The van der Waals surface area contributed by atoms with Crippen LogP contribution in [0, 0.1) is 0 Å². The first kappa shape index (κ1) is 18.9. The van der Waals surface area contributed by atoms with E-state index in [4.69, 9.17) is 14.0 Å². The Balaban J connectivity index is 1.80. The van der Waals surface area contributed by atoms with Gasteiger partial charge in [0.1, 0.15) is 5.75 Å². The van der Waals surface area contributed by atoms with Gasteiger partial charge in [0, 0.05) is 25.5 Å². The molecule has 2 rings (SSSR count). The van der Waals surface area contributed by atoms with Crippen LogP contribution in [0.25, 0.3) is 11.4 Å². The molecule has 7 heteroatoms. The topological polar surface area (TPSA) is 86.5 Å². The average Bonchev–Trinajstić information content (AvgIpc) is 3.10. The third kappa shape index (κ3) is 5.86. The zero-order valence-corrected chi connectivity index (χ0v) is 14.9. The molecule has 0 spiro atoms. The van der Waals surface area contributed by atoms with Crippen LogP contribution < -0.4 is 10.1 Å². The predicted octanol–water partition coefficient (Wildman–Crippen LogP) is 2.61. The quantitative estimate of drug-likeness (QED) is 0.711. The summed E-state index contributed by atoms with van der Waals surface area (Å²) in [5.74, 6) is 1.85. The molecule has 0 aliphatic rings. The van der Waals surface area contributed by atoms with Crippen LogP contribution in [-0.2, 0) is 16.0 Å². The minimum absolute atomic E-state index is 0.0128. The lowest BCUT2D eigenvalue weighted by atomic mass is 10.2. The maximum Gasteiger partial charge on any atom is 0.226 e. The highest BCUT2D eigenvalue weighted by atomic mass is 16.5. The summed E-state index contributed by atoms with van der Waals surface area (Å²) < 4.78 is 15.5. The van der Waals surface area contributed by atoms with Gasteiger partial charge in [-0.1, -0.05) is 12.1 Å². The molecule has 136 valence electrons. The molecule has 1 aromatic heterocycles. The van der Waals surface area contributed by atoms with Crippen molar-refractivity contribution in [2.24, 2.45) is 0 Å². The molecule has 1 heterocycles. The summed E-state index contributed by atoms with van der Waals surface area (Å²) in [6, 6.07) is 7.51. The fraction of sp³-hybridized carbons (Fsp3) is 0.500. The number of aryl methyl sites for hydroxylation is 1. The Bertz CT molecular complexity index is 655. The number of hydrogen-bond donors (Lipinski definition) is 1. The van der Waals surface area contributed by atoms with Gasteiger partial charge in [0.2, 0.25) is 17.6 Å². The van der Waals surface area contributed by atoms with Gasteiger partial charge in [-0.05, 0) is 37.1 Å². The number of aromatic nitrogens is 2. The normalized spacial score (nSPS) is 12.0. The summed E-state index contributed by atoms with van der Waals surface area (Å²) in [7, 11) is 3.25. The van der Waals surface area contributed by atoms with Crippen molar-refractivity contribution >= 4 is 5.91 Å². The predicted molar refractivity (Wildman–Crippen MR) is 93.3 cm³/mol. The number of amides is 1. The second-order valence-corrected chi connectivity index (χ2v) is 5.72. The second kappa shape index (κ2) is 9.78. The average molecular weight is 347 g/mol. The van der Waals surface area contributed by atoms with Gasteiger partial charge in [0.25, 0.3) is 0 Å². The monoisotopic (exact) mass is 347 g/mol. The molecule has 0 aliphatic heterocycles. The van der Waals surface area contributed by atoms with E-state index < -0.39 is 0 Å². The lowest BCUT2D eigenvalue weighted by Crippen LogP contribution is -2.37. The highest BCUT2D eigenvalue weighted by molar-refractivity contribution is 5.76. The van der Waals surface area contributed by atoms with Crippen molar-refractivity contribution < 1.29 is 18.8 Å². The maximum absolute atomic E-state index is 11.9. The summed E-state index contributed by atoms with van der Waals surface area (Å²) in [6.07, 6.45) is 2.48. The Kier molecular flexibility index (Phi) is 7.40. The molecule has 0 saturated carbocycles. The molecule has 2 aromatic rings. The molecule has 1 N–H and O–H groups in total. The highest BCUT2D eigenvalue weighted by Gasteiger charge is 2.12. The molecule has 0 radical (unpaired) electrons. The minimum Gasteiger partial charge on any atom is -0.497 e. The Morgan fingerprint density at radius 1 is 1.28 bits per heavy atom. The van der Waals surface area contributed by atoms with Crippen molar-refractivity contribution in [3.63, 3.8) is 0 Å². The number of hydrogen-bond acceptors (Lipinski definition) is 6. The van der Waals surface area contributed by atoms with E-state index in [0.717, 1.165) is 17.7 Å². The van der Waals surface area contributed by atoms with Crippen molar-refractivity contribution in [1.82, 2.24) is 15.5 Å². The molecule has 0 fully saturated rings. The molecule has 1 aromatic carbocycles. The van der Waals surface area contributed by atoms with Crippen molar-refractivity contribution in [2.75, 3.05) is 20.8 Å². The third-order valence-electron chi connectivity index (χ3n) is 3.84. The van der Waals surface area contributed by atoms with Gasteiger partial charge in [0.15, 0.2) is 0 Å². The number of methoxy groups -OCH3 is 2. The zero-order chi connectivity index (χ0) is 18.1. The maximum atomic E-state index is 11.9. The van der Waals surface area contributed by atoms with Crippen LogP contribution >= 0.6 is 0 Å². The molecule has 25 heavy (non-hydrogen) atoms. The highest BCUT2D eigenvalue weighted by Crippen LogP contribution is 2.20. The lowest BCUT2D eigenvalue weighted by molar-refractivity contribution is -0.122. The van der Waals surface area contributed by atoms with Gasteiger partial charge in [0.05, 0.1) is 19.8 Å². The van der Waals surface area contributed by atoms with Crippen molar-refractivity contribution in [2.45, 2.75) is 38.6 Å². The Morgan fingerprint density at radius 3 is 2.68 bits per heavy atom. The summed E-state index contributed by atoms with van der Waals surface area (Å²) in [6.45, 7) is 2.54. The molecule has 1 unspecified atom stereocenters. The summed E-state index contributed by atoms with van der Waals surface area (Å²) in [5, 5.41) is 6.93. The first-order valence-electron chi connectivity index (χ1n) is 8.41. The standard InChI is InChI=1S/C18H25N3O4/c1-4-14(12-23-2)19-16(22)6-5-7-17-20-18(21-25-17)13-8-10-15(24-3)11-9-13/h8-11,14H,4-7,12H2,1-3H3,(H,19,22). The first-order chi connectivity index (χ1) is 12.2. The fourth-order valence-electron chi connectivity index (χ4n) is 2.38. The van der Waals surface area contributed by atoms with Crippen LogP contribution in [0.2, 0.25) is 0 Å². The largest absolute Gasteiger partial charge is 0.497 e. The van der Waals surface area contributed by atoms with Crippen molar-refractivity contribution in [3.05, 3.63) is 30.2 Å². The Labute approximate surface area is 147 Å². The lowest BCUT2D eigenvalue weighted by Gasteiger charge is -2.15. The van der Waals surface area contributed by atoms with Crippen LogP contribution in [0.5, 0.6) is 5.75 Å². The second-order valence-electron chi connectivity index (χ2n) is 5.72. The Hall–Kier alpha value is -2.41. The van der Waals surface area contributed by atoms with E-state index in [1.807, 2.05) is 31.2 Å². The van der Waals surface area contributed by atoms with Gasteiger partial charge >= 0.3 is 0 Å². The molecule has 1 atom stereocenters. The van der Waals surface area contributed by atoms with Crippen LogP contribution in [0.15, 0.2) is 28.8 Å². The number of carbonyl (C=O) groups excluding carboxylic acids is 1. The van der Waals surface area contributed by atoms with Crippen molar-refractivity contribution in [1.29, 1.82) is 0 Å². The number of rotatable bonds is 10. The summed E-state index contributed by atoms with van der Waals surface area (Å²) in [4.78, 5) is 16.3. The molecular weight excluding hydrogens is 322 g/mol. The van der Waals surface area contributed by atoms with Gasteiger partial charge < -0.3 is 19.3 Å². The first-order valence-corrected chi connectivity index (χ1v) is 8.41. The summed E-state index contributed by atoms with van der Waals surface area (Å²) >= 11 is 0. The minimum atomic E-state index is 0.0128. The van der Waals surface area contributed by atoms with E-state index in [-0.39, 0.29) is 11.9 Å². The van der Waals surface area contributed by atoms with Crippen molar-refractivity contribution in [3.8, 4) is 17.1 Å². The number of nitrogens with one attached hydrogen (secondary N) is 1. The fourth-order valence-corrected chi connectivity index (χ4v) is 2.38. The van der Waals surface area contributed by atoms with E-state index in [1.165, 1.54) is 0 Å². The number of nitrogens with zero attached hydrogens (tertiary/aromatic N) is 2. The third-order valence-corrected chi connectivity index (χ3v) is 3.84. The number of ether oxygens (including phenoxy) is 2. The molecule has 1 amide bonds. The van der Waals surface area contributed by atoms with E-state index in [2.05, 4.69) is 15.5 Å². The smallest absolute Gasteiger partial charge is 0.226 e. The van der Waals surface area contributed by atoms with E-state index in [1.54, 1.807) is 14.2 Å². The molecule has 7 nitrogen and oxygen atoms in total. The van der Waals surface area contributed by atoms with E-state index in [9.17, 15) is 4.79 Å². The van der Waals surface area contributed by atoms with Crippen LogP contribution in [-0.4, -0.2) is 42.9 Å². The number of carbonyl (C=O) groups is 1. The summed E-state index contributed by atoms with van der Waals surface area (Å²) in [5.41, 5.74) is 0.860. The van der Waals surface area contributed by atoms with Crippen LogP contribution in [0.4, 0.5) is 0 Å². The van der Waals surface area contributed by atoms with Gasteiger partial charge in [-0.2, -0.15) is 4.98 Å². The van der Waals surface area contributed by atoms with E-state index >= 15 is 0 Å². The molecule has 0 bridgehead atoms.